The van der Waals surface area contributed by atoms with Crippen molar-refractivity contribution in [3.8, 4) is 12.3 Å². The van der Waals surface area contributed by atoms with Crippen LogP contribution in [0.4, 0.5) is 0 Å². The summed E-state index contributed by atoms with van der Waals surface area (Å²) in [5.74, 6) is 3.23. The van der Waals surface area contributed by atoms with Gasteiger partial charge >= 0.3 is 0 Å². The standard InChI is InChI=1S/C14H19N3O/c1-4-13(10(2)3)16-9-11-5-7-12(8-6-11)14(15)17-18/h1,5-8,10,13,16,18H,9H2,2-3H3,(H2,15,17). The molecule has 4 N–H and O–H groups in total. The molecule has 0 fully saturated rings. The van der Waals surface area contributed by atoms with E-state index in [0.29, 0.717) is 18.0 Å². The lowest BCUT2D eigenvalue weighted by Crippen LogP contribution is -2.31. The van der Waals surface area contributed by atoms with Gasteiger partial charge in [-0.1, -0.05) is 49.2 Å². The molecule has 0 aliphatic carbocycles. The van der Waals surface area contributed by atoms with Crippen LogP contribution in [0, 0.1) is 18.3 Å². The van der Waals surface area contributed by atoms with E-state index in [4.69, 9.17) is 17.4 Å². The summed E-state index contributed by atoms with van der Waals surface area (Å²) in [5.41, 5.74) is 7.28. The SMILES string of the molecule is C#CC(NCc1ccc(/C(N)=N/O)cc1)C(C)C. The van der Waals surface area contributed by atoms with Gasteiger partial charge in [0.25, 0.3) is 0 Å². The summed E-state index contributed by atoms with van der Waals surface area (Å²) in [5, 5.41) is 14.8. The van der Waals surface area contributed by atoms with Crippen molar-refractivity contribution in [1.82, 2.24) is 5.32 Å². The molecule has 0 spiro atoms. The van der Waals surface area contributed by atoms with E-state index < -0.39 is 0 Å². The number of hydrogen-bond acceptors (Lipinski definition) is 3. The van der Waals surface area contributed by atoms with Gasteiger partial charge in [-0.15, -0.1) is 6.42 Å². The zero-order valence-corrected chi connectivity index (χ0v) is 10.7. The van der Waals surface area contributed by atoms with Crippen LogP contribution in [0.25, 0.3) is 0 Å². The molecule has 0 aromatic heterocycles. The molecule has 0 saturated carbocycles. The highest BCUT2D eigenvalue weighted by Gasteiger charge is 2.08. The number of hydrogen-bond donors (Lipinski definition) is 3. The fourth-order valence-electron chi connectivity index (χ4n) is 1.57. The summed E-state index contributed by atoms with van der Waals surface area (Å²) in [6.07, 6.45) is 5.45. The number of nitrogens with zero attached hydrogens (tertiary/aromatic N) is 1. The van der Waals surface area contributed by atoms with Gasteiger partial charge in [0, 0.05) is 12.1 Å². The summed E-state index contributed by atoms with van der Waals surface area (Å²) in [7, 11) is 0. The molecule has 1 aromatic rings. The highest BCUT2D eigenvalue weighted by Crippen LogP contribution is 2.06. The molecule has 0 aliphatic heterocycles. The molecule has 0 heterocycles. The molecule has 0 bridgehead atoms. The van der Waals surface area contributed by atoms with Crippen LogP contribution in [0.2, 0.25) is 0 Å². The molecule has 4 heteroatoms. The molecular formula is C14H19N3O. The Bertz CT molecular complexity index is 443. The third kappa shape index (κ3) is 3.79. The van der Waals surface area contributed by atoms with Gasteiger partial charge in [-0.3, -0.25) is 5.32 Å². The topological polar surface area (TPSA) is 70.6 Å². The Kier molecular flexibility index (Phi) is 5.22. The smallest absolute Gasteiger partial charge is 0.170 e. The van der Waals surface area contributed by atoms with Crippen molar-refractivity contribution in [2.45, 2.75) is 26.4 Å². The second-order valence-corrected chi connectivity index (χ2v) is 4.45. The summed E-state index contributed by atoms with van der Waals surface area (Å²) in [6.45, 7) is 4.86. The summed E-state index contributed by atoms with van der Waals surface area (Å²) < 4.78 is 0. The predicted octanol–water partition coefficient (Wildman–Crippen LogP) is 1.53. The maximum Gasteiger partial charge on any atom is 0.170 e. The summed E-state index contributed by atoms with van der Waals surface area (Å²) in [4.78, 5) is 0. The molecule has 0 radical (unpaired) electrons. The minimum atomic E-state index is 0.0637. The number of rotatable bonds is 5. The van der Waals surface area contributed by atoms with Crippen LogP contribution in [0.1, 0.15) is 25.0 Å². The van der Waals surface area contributed by atoms with E-state index in [1.165, 1.54) is 0 Å². The molecular weight excluding hydrogens is 226 g/mol. The largest absolute Gasteiger partial charge is 0.409 e. The summed E-state index contributed by atoms with van der Waals surface area (Å²) in [6, 6.07) is 7.54. The van der Waals surface area contributed by atoms with Crippen molar-refractivity contribution in [3.05, 3.63) is 35.4 Å². The molecule has 1 unspecified atom stereocenters. The molecule has 1 atom stereocenters. The van der Waals surface area contributed by atoms with E-state index in [-0.39, 0.29) is 11.9 Å². The van der Waals surface area contributed by atoms with Gasteiger partial charge in [0.15, 0.2) is 5.84 Å². The Balaban J connectivity index is 2.62. The number of benzene rings is 1. The Morgan fingerprint density at radius 1 is 1.44 bits per heavy atom. The fourth-order valence-corrected chi connectivity index (χ4v) is 1.57. The molecule has 4 nitrogen and oxygen atoms in total. The van der Waals surface area contributed by atoms with Crippen LogP contribution in [-0.4, -0.2) is 17.1 Å². The molecule has 0 saturated heterocycles. The first-order chi connectivity index (χ1) is 8.58. The van der Waals surface area contributed by atoms with E-state index in [1.807, 2.05) is 24.3 Å². The Morgan fingerprint density at radius 2 is 2.06 bits per heavy atom. The number of nitrogens with one attached hydrogen (secondary N) is 1. The van der Waals surface area contributed by atoms with Crippen molar-refractivity contribution < 1.29 is 5.21 Å². The maximum absolute atomic E-state index is 8.56. The van der Waals surface area contributed by atoms with E-state index in [0.717, 1.165) is 5.56 Å². The van der Waals surface area contributed by atoms with Gasteiger partial charge < -0.3 is 10.9 Å². The van der Waals surface area contributed by atoms with E-state index in [9.17, 15) is 0 Å². The van der Waals surface area contributed by atoms with E-state index in [2.05, 4.69) is 30.2 Å². The number of amidine groups is 1. The van der Waals surface area contributed by atoms with Crippen LogP contribution in [-0.2, 0) is 6.54 Å². The van der Waals surface area contributed by atoms with Gasteiger partial charge in [-0.25, -0.2) is 0 Å². The highest BCUT2D eigenvalue weighted by atomic mass is 16.4. The van der Waals surface area contributed by atoms with Gasteiger partial charge in [0.1, 0.15) is 0 Å². The number of nitrogens with two attached hydrogens (primary N) is 1. The first-order valence-corrected chi connectivity index (χ1v) is 5.84. The predicted molar refractivity (Wildman–Crippen MR) is 73.3 cm³/mol. The van der Waals surface area contributed by atoms with Crippen LogP contribution in [0.5, 0.6) is 0 Å². The molecule has 1 aromatic carbocycles. The monoisotopic (exact) mass is 245 g/mol. The normalized spacial score (nSPS) is 13.3. The quantitative estimate of drug-likeness (QED) is 0.242. The van der Waals surface area contributed by atoms with Gasteiger partial charge in [0.05, 0.1) is 6.04 Å². The highest BCUT2D eigenvalue weighted by molar-refractivity contribution is 5.96. The molecule has 18 heavy (non-hydrogen) atoms. The van der Waals surface area contributed by atoms with Gasteiger partial charge in [0.2, 0.25) is 0 Å². The van der Waals surface area contributed by atoms with Crippen LogP contribution >= 0.6 is 0 Å². The first kappa shape index (κ1) is 14.1. The fraction of sp³-hybridized carbons (Fsp3) is 0.357. The number of oxime groups is 1. The second kappa shape index (κ2) is 6.67. The lowest BCUT2D eigenvalue weighted by atomic mass is 10.0. The Morgan fingerprint density at radius 3 is 2.50 bits per heavy atom. The first-order valence-electron chi connectivity index (χ1n) is 5.84. The minimum absolute atomic E-state index is 0.0637. The second-order valence-electron chi connectivity index (χ2n) is 4.45. The van der Waals surface area contributed by atoms with Crippen molar-refractivity contribution in [2.75, 3.05) is 0 Å². The van der Waals surface area contributed by atoms with Crippen molar-refractivity contribution in [3.63, 3.8) is 0 Å². The third-order valence-electron chi connectivity index (χ3n) is 2.73. The van der Waals surface area contributed by atoms with Crippen molar-refractivity contribution in [2.24, 2.45) is 16.8 Å². The number of terminal acetylenes is 1. The van der Waals surface area contributed by atoms with Crippen molar-refractivity contribution in [1.29, 1.82) is 0 Å². The molecule has 1 rings (SSSR count). The Labute approximate surface area is 108 Å². The average Bonchev–Trinajstić information content (AvgIpc) is 2.39. The van der Waals surface area contributed by atoms with Crippen LogP contribution in [0.15, 0.2) is 29.4 Å². The Hall–Kier alpha value is -1.99. The van der Waals surface area contributed by atoms with Gasteiger partial charge in [-0.05, 0) is 11.5 Å². The molecule has 96 valence electrons. The van der Waals surface area contributed by atoms with Gasteiger partial charge in [-0.2, -0.15) is 0 Å². The average molecular weight is 245 g/mol. The third-order valence-corrected chi connectivity index (χ3v) is 2.73. The van der Waals surface area contributed by atoms with E-state index in [1.54, 1.807) is 0 Å². The van der Waals surface area contributed by atoms with Crippen molar-refractivity contribution >= 4 is 5.84 Å². The molecule has 0 aliphatic rings. The van der Waals surface area contributed by atoms with Crippen LogP contribution < -0.4 is 11.1 Å². The molecule has 0 amide bonds. The zero-order valence-electron chi connectivity index (χ0n) is 10.7. The lowest BCUT2D eigenvalue weighted by molar-refractivity contribution is 0.318. The zero-order chi connectivity index (χ0) is 13.5. The minimum Gasteiger partial charge on any atom is -0.409 e. The lowest BCUT2D eigenvalue weighted by Gasteiger charge is -2.16. The van der Waals surface area contributed by atoms with Crippen LogP contribution in [0.3, 0.4) is 0 Å². The maximum atomic E-state index is 8.56. The van der Waals surface area contributed by atoms with E-state index >= 15 is 0 Å². The summed E-state index contributed by atoms with van der Waals surface area (Å²) >= 11 is 0.